The van der Waals surface area contributed by atoms with Gasteiger partial charge in [-0.25, -0.2) is 0 Å². The third kappa shape index (κ3) is 3.88. The average Bonchev–Trinajstić information content (AvgIpc) is 3.02. The van der Waals surface area contributed by atoms with Gasteiger partial charge in [-0.1, -0.05) is 24.3 Å². The van der Waals surface area contributed by atoms with Crippen LogP contribution in [0.3, 0.4) is 0 Å². The van der Waals surface area contributed by atoms with Crippen molar-refractivity contribution < 1.29 is 4.92 Å². The Morgan fingerprint density at radius 2 is 1.93 bits per heavy atom. The van der Waals surface area contributed by atoms with Crippen LogP contribution in [0.25, 0.3) is 16.3 Å². The van der Waals surface area contributed by atoms with Gasteiger partial charge in [-0.3, -0.25) is 10.1 Å². The van der Waals surface area contributed by atoms with Gasteiger partial charge in [0.15, 0.2) is 11.0 Å². The Balaban J connectivity index is 1.93. The summed E-state index contributed by atoms with van der Waals surface area (Å²) in [4.78, 5) is 11.0. The smallest absolute Gasteiger partial charge is 0.269 e. The lowest BCUT2D eigenvalue weighted by molar-refractivity contribution is -0.384. The number of benzene rings is 2. The maximum atomic E-state index is 10.8. The number of nitro groups is 1. The molecule has 0 aliphatic heterocycles. The number of allylic oxidation sites excluding steroid dienone is 1. The molecule has 8 heteroatoms. The van der Waals surface area contributed by atoms with E-state index in [0.717, 1.165) is 17.0 Å². The normalized spacial score (nSPS) is 11.2. The van der Waals surface area contributed by atoms with Crippen LogP contribution in [0.15, 0.2) is 59.8 Å². The Bertz CT molecular complexity index is 1060. The number of nitrogens with zero attached hydrogens (tertiary/aromatic N) is 5. The highest BCUT2D eigenvalue weighted by molar-refractivity contribution is 8.08. The van der Waals surface area contributed by atoms with Crippen molar-refractivity contribution in [2.45, 2.75) is 12.1 Å². The first-order valence-electron chi connectivity index (χ1n) is 7.99. The Morgan fingerprint density at radius 3 is 2.56 bits per heavy atom. The van der Waals surface area contributed by atoms with E-state index in [1.165, 1.54) is 30.0 Å². The summed E-state index contributed by atoms with van der Waals surface area (Å²) in [6.45, 7) is 2.01. The fraction of sp³-hybridized carbons (Fsp3) is 0.105. The second kappa shape index (κ2) is 7.85. The number of nitro benzene ring substituents is 1. The minimum atomic E-state index is -0.457. The van der Waals surface area contributed by atoms with E-state index in [-0.39, 0.29) is 5.69 Å². The summed E-state index contributed by atoms with van der Waals surface area (Å²) < 4.78 is 1.86. The van der Waals surface area contributed by atoms with E-state index in [1.807, 2.05) is 48.9 Å². The molecule has 0 amide bonds. The molecule has 0 radical (unpaired) electrons. The first-order chi connectivity index (χ1) is 13.0. The lowest BCUT2D eigenvalue weighted by Gasteiger charge is -2.08. The van der Waals surface area contributed by atoms with Crippen molar-refractivity contribution >= 4 is 22.4 Å². The predicted molar refractivity (Wildman–Crippen MR) is 104 cm³/mol. The van der Waals surface area contributed by atoms with Crippen LogP contribution >= 0.6 is 11.8 Å². The van der Waals surface area contributed by atoms with Crippen LogP contribution < -0.4 is 0 Å². The maximum absolute atomic E-state index is 10.8. The molecule has 0 unspecified atom stereocenters. The molecule has 1 aromatic heterocycles. The first kappa shape index (κ1) is 18.4. The molecule has 0 fully saturated rings. The zero-order chi connectivity index (χ0) is 19.4. The molecule has 0 atom stereocenters. The average molecular weight is 377 g/mol. The number of non-ortho nitro benzene ring substituents is 1. The van der Waals surface area contributed by atoms with E-state index in [2.05, 4.69) is 10.2 Å². The molecule has 0 saturated carbocycles. The molecule has 0 bridgehead atoms. The summed E-state index contributed by atoms with van der Waals surface area (Å²) in [6.07, 6.45) is 1.40. The molecule has 2 aromatic carbocycles. The van der Waals surface area contributed by atoms with Gasteiger partial charge in [-0.2, -0.15) is 5.26 Å². The maximum Gasteiger partial charge on any atom is 0.269 e. The molecular formula is C19H15N5O2S. The molecule has 0 aliphatic rings. The monoisotopic (exact) mass is 377 g/mol. The SMILES string of the molecule is Cc1ccccc1-c1nnc(S/C(=C\C#N)c2ccc([N+](=O)[O-])cc2)n1C. The van der Waals surface area contributed by atoms with Crippen LogP contribution in [0.5, 0.6) is 0 Å². The number of aromatic nitrogens is 3. The molecule has 3 rings (SSSR count). The number of rotatable bonds is 5. The van der Waals surface area contributed by atoms with E-state index in [1.54, 1.807) is 12.1 Å². The number of thioether (sulfide) groups is 1. The van der Waals surface area contributed by atoms with Crippen molar-refractivity contribution in [2.24, 2.45) is 7.05 Å². The predicted octanol–water partition coefficient (Wildman–Crippen LogP) is 4.36. The van der Waals surface area contributed by atoms with Crippen LogP contribution in [0, 0.1) is 28.4 Å². The molecular weight excluding hydrogens is 362 g/mol. The summed E-state index contributed by atoms with van der Waals surface area (Å²) in [5, 5.41) is 29.1. The fourth-order valence-corrected chi connectivity index (χ4v) is 3.41. The Labute approximate surface area is 160 Å². The molecule has 0 saturated heterocycles. The molecule has 1 heterocycles. The Hall–Kier alpha value is -3.44. The van der Waals surface area contributed by atoms with Crippen molar-refractivity contribution in [2.75, 3.05) is 0 Å². The van der Waals surface area contributed by atoms with Gasteiger partial charge in [-0.15, -0.1) is 10.2 Å². The van der Waals surface area contributed by atoms with Crippen molar-refractivity contribution in [1.82, 2.24) is 14.8 Å². The summed E-state index contributed by atoms with van der Waals surface area (Å²) >= 11 is 1.29. The number of hydrogen-bond acceptors (Lipinski definition) is 6. The molecule has 0 aliphatic carbocycles. The molecule has 3 aromatic rings. The molecule has 134 valence electrons. The van der Waals surface area contributed by atoms with Gasteiger partial charge in [0.25, 0.3) is 5.69 Å². The first-order valence-corrected chi connectivity index (χ1v) is 8.80. The topological polar surface area (TPSA) is 97.6 Å². The van der Waals surface area contributed by atoms with Crippen LogP contribution in [0.1, 0.15) is 11.1 Å². The zero-order valence-corrected chi connectivity index (χ0v) is 15.5. The van der Waals surface area contributed by atoms with E-state index >= 15 is 0 Å². The van der Waals surface area contributed by atoms with Gasteiger partial charge in [0, 0.05) is 35.7 Å². The highest BCUT2D eigenvalue weighted by atomic mass is 32.2. The Kier molecular flexibility index (Phi) is 5.33. The third-order valence-corrected chi connectivity index (χ3v) is 5.09. The lowest BCUT2D eigenvalue weighted by atomic mass is 10.1. The van der Waals surface area contributed by atoms with Gasteiger partial charge in [0.2, 0.25) is 0 Å². The quantitative estimate of drug-likeness (QED) is 0.284. The minimum absolute atomic E-state index is 0.000514. The summed E-state index contributed by atoms with van der Waals surface area (Å²) in [7, 11) is 1.87. The van der Waals surface area contributed by atoms with Crippen molar-refractivity contribution in [1.29, 1.82) is 5.26 Å². The van der Waals surface area contributed by atoms with Crippen molar-refractivity contribution in [3.63, 3.8) is 0 Å². The lowest BCUT2D eigenvalue weighted by Crippen LogP contribution is -1.96. The van der Waals surface area contributed by atoms with E-state index < -0.39 is 4.92 Å². The number of aryl methyl sites for hydroxylation is 1. The molecule has 7 nitrogen and oxygen atoms in total. The molecule has 27 heavy (non-hydrogen) atoms. The van der Waals surface area contributed by atoms with E-state index in [4.69, 9.17) is 5.26 Å². The zero-order valence-electron chi connectivity index (χ0n) is 14.7. The van der Waals surface area contributed by atoms with E-state index in [9.17, 15) is 10.1 Å². The molecule has 0 N–H and O–H groups in total. The largest absolute Gasteiger partial charge is 0.305 e. The van der Waals surface area contributed by atoms with Crippen LogP contribution in [-0.4, -0.2) is 19.7 Å². The molecule has 0 spiro atoms. The third-order valence-electron chi connectivity index (χ3n) is 3.98. The van der Waals surface area contributed by atoms with E-state index in [0.29, 0.717) is 15.6 Å². The highest BCUT2D eigenvalue weighted by Crippen LogP contribution is 2.35. The van der Waals surface area contributed by atoms with Crippen LogP contribution in [-0.2, 0) is 7.05 Å². The Morgan fingerprint density at radius 1 is 1.22 bits per heavy atom. The summed E-state index contributed by atoms with van der Waals surface area (Å²) in [5.74, 6) is 0.732. The van der Waals surface area contributed by atoms with Crippen molar-refractivity contribution in [3.05, 3.63) is 75.8 Å². The van der Waals surface area contributed by atoms with Crippen LogP contribution in [0.4, 0.5) is 5.69 Å². The minimum Gasteiger partial charge on any atom is -0.305 e. The van der Waals surface area contributed by atoms with Gasteiger partial charge in [-0.05, 0) is 41.9 Å². The van der Waals surface area contributed by atoms with Crippen LogP contribution in [0.2, 0.25) is 0 Å². The van der Waals surface area contributed by atoms with Gasteiger partial charge >= 0.3 is 0 Å². The summed E-state index contributed by atoms with van der Waals surface area (Å²) in [6, 6.07) is 16.0. The van der Waals surface area contributed by atoms with Gasteiger partial charge < -0.3 is 4.57 Å². The standard InChI is InChI=1S/C19H15N5O2S/c1-13-5-3-4-6-16(13)18-21-22-19(23(18)2)27-17(11-12-20)14-7-9-15(10-8-14)24(25)26/h3-11H,1-2H3/b17-11-. The highest BCUT2D eigenvalue weighted by Gasteiger charge is 2.16. The number of hydrogen-bond donors (Lipinski definition) is 0. The second-order valence-corrected chi connectivity index (χ2v) is 6.73. The fourth-order valence-electron chi connectivity index (χ4n) is 2.54. The second-order valence-electron chi connectivity index (χ2n) is 5.72. The van der Waals surface area contributed by atoms with Gasteiger partial charge in [0.05, 0.1) is 11.0 Å². The van der Waals surface area contributed by atoms with Crippen molar-refractivity contribution in [3.8, 4) is 17.5 Å². The number of nitriles is 1. The van der Waals surface area contributed by atoms with Gasteiger partial charge in [0.1, 0.15) is 0 Å². The summed E-state index contributed by atoms with van der Waals surface area (Å²) in [5.41, 5.74) is 2.78.